The van der Waals surface area contributed by atoms with E-state index in [2.05, 4.69) is 53.5 Å². The highest BCUT2D eigenvalue weighted by molar-refractivity contribution is 6.76. The van der Waals surface area contributed by atoms with Crippen LogP contribution in [-0.2, 0) is 11.5 Å². The Balaban J connectivity index is 1.70. The van der Waals surface area contributed by atoms with Gasteiger partial charge in [0.05, 0.1) is 11.6 Å². The Kier molecular flexibility index (Phi) is 4.82. The third-order valence-electron chi connectivity index (χ3n) is 4.51. The van der Waals surface area contributed by atoms with Gasteiger partial charge < -0.3 is 14.2 Å². The molecule has 7 heteroatoms. The van der Waals surface area contributed by atoms with E-state index < -0.39 is 8.07 Å². The van der Waals surface area contributed by atoms with Gasteiger partial charge in [-0.2, -0.15) is 5.10 Å². The minimum Gasteiger partial charge on any atom is -0.361 e. The molecule has 2 aliphatic rings. The first-order valence-electron chi connectivity index (χ1n) is 8.63. The van der Waals surface area contributed by atoms with Crippen LogP contribution in [0.2, 0.25) is 25.7 Å². The van der Waals surface area contributed by atoms with Crippen molar-refractivity contribution in [1.82, 2.24) is 9.58 Å². The van der Waals surface area contributed by atoms with Crippen molar-refractivity contribution in [1.29, 1.82) is 0 Å². The number of fused-ring (bicyclic) bond motifs is 1. The summed E-state index contributed by atoms with van der Waals surface area (Å²) in [6.45, 7) is 10.2. The standard InChI is InChI=1S/C17H29N5OSi/c1-20-12-18-16(14-10-19-21(2)11-14)15-6-7-22(17(15)20)13-23-8-9-24(3,4)5/h6-7,10,14H,8-9,11-13H2,1-5H3. The largest absolute Gasteiger partial charge is 0.361 e. The Labute approximate surface area is 145 Å². The van der Waals surface area contributed by atoms with Crippen LogP contribution in [0.5, 0.6) is 0 Å². The maximum absolute atomic E-state index is 5.94. The normalized spacial score (nSPS) is 20.5. The molecule has 0 aliphatic carbocycles. The van der Waals surface area contributed by atoms with Crippen LogP contribution in [0.4, 0.5) is 5.82 Å². The first-order chi connectivity index (χ1) is 11.3. The fourth-order valence-corrected chi connectivity index (χ4v) is 3.87. The van der Waals surface area contributed by atoms with Gasteiger partial charge in [-0.3, -0.25) is 10.0 Å². The summed E-state index contributed by atoms with van der Waals surface area (Å²) in [5.41, 5.74) is 2.36. The van der Waals surface area contributed by atoms with Gasteiger partial charge in [0.15, 0.2) is 0 Å². The van der Waals surface area contributed by atoms with Crippen LogP contribution in [0.15, 0.2) is 22.4 Å². The molecule has 132 valence electrons. The number of hydrogen-bond acceptors (Lipinski definition) is 5. The summed E-state index contributed by atoms with van der Waals surface area (Å²) >= 11 is 0. The Bertz CT molecular complexity index is 646. The fraction of sp³-hybridized carbons (Fsp3) is 0.647. The van der Waals surface area contributed by atoms with E-state index in [1.54, 1.807) is 0 Å². The Morgan fingerprint density at radius 2 is 2.08 bits per heavy atom. The molecule has 1 aromatic heterocycles. The lowest BCUT2D eigenvalue weighted by molar-refractivity contribution is 0.0882. The van der Waals surface area contributed by atoms with Crippen LogP contribution in [0, 0.1) is 5.92 Å². The van der Waals surface area contributed by atoms with Gasteiger partial charge in [0.1, 0.15) is 19.2 Å². The van der Waals surface area contributed by atoms with Crippen LogP contribution < -0.4 is 4.90 Å². The predicted octanol–water partition coefficient (Wildman–Crippen LogP) is 2.54. The maximum atomic E-state index is 5.94. The van der Waals surface area contributed by atoms with Crippen molar-refractivity contribution < 1.29 is 4.74 Å². The molecule has 0 spiro atoms. The van der Waals surface area contributed by atoms with Crippen LogP contribution in [0.3, 0.4) is 0 Å². The molecule has 0 N–H and O–H groups in total. The average Bonchev–Trinajstić information content (AvgIpc) is 3.10. The molecule has 0 radical (unpaired) electrons. The van der Waals surface area contributed by atoms with Gasteiger partial charge in [-0.05, 0) is 12.1 Å². The number of rotatable bonds is 6. The van der Waals surface area contributed by atoms with E-state index in [0.717, 1.165) is 18.9 Å². The van der Waals surface area contributed by atoms with Crippen molar-refractivity contribution in [3.63, 3.8) is 0 Å². The summed E-state index contributed by atoms with van der Waals surface area (Å²) in [6, 6.07) is 3.36. The quantitative estimate of drug-likeness (QED) is 0.587. The van der Waals surface area contributed by atoms with Gasteiger partial charge in [-0.25, -0.2) is 0 Å². The number of hydrogen-bond donors (Lipinski definition) is 0. The fourth-order valence-electron chi connectivity index (χ4n) is 3.12. The number of anilines is 1. The Morgan fingerprint density at radius 1 is 1.29 bits per heavy atom. The summed E-state index contributed by atoms with van der Waals surface area (Å²) in [7, 11) is 3.05. The monoisotopic (exact) mass is 347 g/mol. The number of nitrogens with zero attached hydrogens (tertiary/aromatic N) is 5. The molecule has 1 unspecified atom stereocenters. The molecule has 0 fully saturated rings. The van der Waals surface area contributed by atoms with E-state index in [1.807, 2.05) is 18.3 Å². The topological polar surface area (TPSA) is 45.4 Å². The molecule has 3 heterocycles. The van der Waals surface area contributed by atoms with Crippen molar-refractivity contribution in [2.75, 3.05) is 38.8 Å². The van der Waals surface area contributed by atoms with Gasteiger partial charge in [-0.15, -0.1) is 0 Å². The molecule has 0 saturated heterocycles. The molecular formula is C17H29N5OSi. The molecule has 3 rings (SSSR count). The van der Waals surface area contributed by atoms with E-state index in [-0.39, 0.29) is 5.92 Å². The summed E-state index contributed by atoms with van der Waals surface area (Å²) < 4.78 is 8.14. The van der Waals surface area contributed by atoms with E-state index in [4.69, 9.17) is 9.73 Å². The number of ether oxygens (including phenoxy) is 1. The van der Waals surface area contributed by atoms with Crippen molar-refractivity contribution in [3.05, 3.63) is 17.8 Å². The second-order valence-corrected chi connectivity index (χ2v) is 13.6. The molecule has 0 amide bonds. The SMILES string of the molecule is CN1CC(C2=NCN(C)c3c2ccn3COCC[Si](C)(C)C)C=N1. The molecule has 2 aliphatic heterocycles. The van der Waals surface area contributed by atoms with Gasteiger partial charge in [0.25, 0.3) is 0 Å². The van der Waals surface area contributed by atoms with Crippen LogP contribution in [0.25, 0.3) is 0 Å². The Hall–Kier alpha value is -1.60. The number of aromatic nitrogens is 1. The van der Waals surface area contributed by atoms with Gasteiger partial charge in [0, 0.05) is 53.3 Å². The molecule has 6 nitrogen and oxygen atoms in total. The van der Waals surface area contributed by atoms with Crippen LogP contribution in [-0.4, -0.2) is 63.5 Å². The predicted molar refractivity (Wildman–Crippen MR) is 103 cm³/mol. The number of hydrazone groups is 1. The minimum atomic E-state index is -1.04. The van der Waals surface area contributed by atoms with E-state index in [0.29, 0.717) is 13.4 Å². The summed E-state index contributed by atoms with van der Waals surface area (Å²) in [5, 5.41) is 6.34. The second kappa shape index (κ2) is 6.72. The lowest BCUT2D eigenvalue weighted by atomic mass is 9.98. The highest BCUT2D eigenvalue weighted by Gasteiger charge is 2.29. The summed E-state index contributed by atoms with van der Waals surface area (Å²) in [5.74, 6) is 1.49. The van der Waals surface area contributed by atoms with Crippen molar-refractivity contribution in [2.24, 2.45) is 16.0 Å². The molecule has 24 heavy (non-hydrogen) atoms. The van der Waals surface area contributed by atoms with Crippen LogP contribution in [0.1, 0.15) is 5.56 Å². The molecule has 0 bridgehead atoms. The average molecular weight is 348 g/mol. The zero-order valence-corrected chi connectivity index (χ0v) is 16.5. The molecular weight excluding hydrogens is 318 g/mol. The minimum absolute atomic E-state index is 0.283. The number of aliphatic imine (C=N–C) groups is 1. The third kappa shape index (κ3) is 3.72. The van der Waals surface area contributed by atoms with E-state index in [1.165, 1.54) is 17.4 Å². The van der Waals surface area contributed by atoms with Crippen molar-refractivity contribution >= 4 is 25.8 Å². The van der Waals surface area contributed by atoms with E-state index in [9.17, 15) is 0 Å². The summed E-state index contributed by atoms with van der Waals surface area (Å²) in [6.07, 6.45) is 4.13. The third-order valence-corrected chi connectivity index (χ3v) is 6.21. The zero-order chi connectivity index (χ0) is 17.3. The second-order valence-electron chi connectivity index (χ2n) is 7.96. The zero-order valence-electron chi connectivity index (χ0n) is 15.5. The maximum Gasteiger partial charge on any atom is 0.124 e. The van der Waals surface area contributed by atoms with Crippen molar-refractivity contribution in [3.8, 4) is 0 Å². The van der Waals surface area contributed by atoms with Gasteiger partial charge in [0.2, 0.25) is 0 Å². The highest BCUT2D eigenvalue weighted by Crippen LogP contribution is 2.29. The lowest BCUT2D eigenvalue weighted by Crippen LogP contribution is -2.32. The highest BCUT2D eigenvalue weighted by atomic mass is 28.3. The smallest absolute Gasteiger partial charge is 0.124 e. The van der Waals surface area contributed by atoms with Crippen molar-refractivity contribution in [2.45, 2.75) is 32.4 Å². The molecule has 0 aromatic carbocycles. The first-order valence-corrected chi connectivity index (χ1v) is 12.3. The molecule has 1 aromatic rings. The van der Waals surface area contributed by atoms with E-state index >= 15 is 0 Å². The Morgan fingerprint density at radius 3 is 2.75 bits per heavy atom. The summed E-state index contributed by atoms with van der Waals surface area (Å²) in [4.78, 5) is 6.98. The molecule has 0 saturated carbocycles. The lowest BCUT2D eigenvalue weighted by Gasteiger charge is -2.28. The van der Waals surface area contributed by atoms with Gasteiger partial charge in [-0.1, -0.05) is 19.6 Å². The van der Waals surface area contributed by atoms with Crippen LogP contribution >= 0.6 is 0 Å². The van der Waals surface area contributed by atoms with Gasteiger partial charge >= 0.3 is 0 Å². The molecule has 1 atom stereocenters. The first kappa shape index (κ1) is 17.2.